The summed E-state index contributed by atoms with van der Waals surface area (Å²) in [6, 6.07) is 73.2. The Morgan fingerprint density at radius 2 is 0.571 bits per heavy atom. The zero-order chi connectivity index (χ0) is 47.0. The molecule has 2 aromatic heterocycles. The van der Waals surface area contributed by atoms with Gasteiger partial charge in [0.1, 0.15) is 22.3 Å². The van der Waals surface area contributed by atoms with Gasteiger partial charge in [-0.2, -0.15) is 0 Å². The highest BCUT2D eigenvalue weighted by molar-refractivity contribution is 6.55. The maximum Gasteiger partial charge on any atom is 0.143 e. The van der Waals surface area contributed by atoms with Gasteiger partial charge in [-0.15, -0.1) is 0 Å². The molecule has 0 amide bonds. The largest absolute Gasteiger partial charge is 0.455 e. The van der Waals surface area contributed by atoms with Crippen molar-refractivity contribution in [2.75, 3.05) is 0 Å². The molecule has 332 valence electrons. The molecule has 0 fully saturated rings. The summed E-state index contributed by atoms with van der Waals surface area (Å²) in [7, 11) is 0. The molecule has 0 spiro atoms. The molecule has 2 N–H and O–H groups in total. The molecular formula is C66H46N2O2. The van der Waals surface area contributed by atoms with Gasteiger partial charge in [-0.25, -0.2) is 0 Å². The number of para-hydroxylation sites is 4. The molecule has 0 saturated heterocycles. The van der Waals surface area contributed by atoms with E-state index in [1.54, 1.807) is 0 Å². The molecule has 10 aromatic carbocycles. The lowest BCUT2D eigenvalue weighted by atomic mass is 9.80. The van der Waals surface area contributed by atoms with E-state index >= 15 is 0 Å². The lowest BCUT2D eigenvalue weighted by Crippen LogP contribution is -2.21. The van der Waals surface area contributed by atoms with Crippen LogP contribution in [0.4, 0.5) is 0 Å². The van der Waals surface area contributed by atoms with Gasteiger partial charge in [-0.05, 0) is 127 Å². The van der Waals surface area contributed by atoms with Crippen LogP contribution in [0, 0.1) is 10.8 Å². The van der Waals surface area contributed by atoms with E-state index in [1.807, 2.05) is 12.1 Å². The Kier molecular flexibility index (Phi) is 9.70. The van der Waals surface area contributed by atoms with E-state index in [1.165, 1.54) is 11.1 Å². The van der Waals surface area contributed by atoms with Gasteiger partial charge in [0.15, 0.2) is 0 Å². The second kappa shape index (κ2) is 16.4. The van der Waals surface area contributed by atoms with E-state index in [-0.39, 0.29) is 11.4 Å². The average Bonchev–Trinajstić information content (AvgIpc) is 4.01. The summed E-state index contributed by atoms with van der Waals surface area (Å²) in [5, 5.41) is 22.8. The van der Waals surface area contributed by atoms with E-state index in [9.17, 15) is 0 Å². The quantitative estimate of drug-likeness (QED) is 0.159. The lowest BCUT2D eigenvalue weighted by molar-refractivity contribution is 0.664. The summed E-state index contributed by atoms with van der Waals surface area (Å²) < 4.78 is 13.3. The summed E-state index contributed by atoms with van der Waals surface area (Å²) in [5.74, 6) is 0. The van der Waals surface area contributed by atoms with E-state index in [0.29, 0.717) is 0 Å². The predicted molar refractivity (Wildman–Crippen MR) is 291 cm³/mol. The molecule has 0 aliphatic heterocycles. The van der Waals surface area contributed by atoms with Crippen LogP contribution in [0.15, 0.2) is 215 Å². The predicted octanol–water partition coefficient (Wildman–Crippen LogP) is 18.0. The fourth-order valence-electron chi connectivity index (χ4n) is 10.9. The van der Waals surface area contributed by atoms with Crippen LogP contribution in [0.25, 0.3) is 122 Å². The van der Waals surface area contributed by atoms with Crippen LogP contribution in [0.5, 0.6) is 0 Å². The van der Waals surface area contributed by atoms with Crippen molar-refractivity contribution in [2.45, 2.75) is 26.7 Å². The van der Waals surface area contributed by atoms with E-state index in [4.69, 9.17) is 19.7 Å². The fraction of sp³-hybridized carbons (Fsp3) is 0.0606. The SMILES string of the molecule is CCc1cccc2c1oc1c(-c3cccc(-c4cccc(-c5ccc6c(c5)-c5cc(-c7cccc(-c8cccc(-c9cccc%10c9oc9c(CC)cccc9%10)c8)c7)ccc5C(=N)C6=N)c4)c3)cccc12. The first-order valence-corrected chi connectivity index (χ1v) is 24.2. The molecule has 0 saturated carbocycles. The van der Waals surface area contributed by atoms with Crippen LogP contribution >= 0.6 is 0 Å². The molecule has 0 radical (unpaired) electrons. The molecule has 0 bridgehead atoms. The van der Waals surface area contributed by atoms with Gasteiger partial charge in [0.25, 0.3) is 0 Å². The van der Waals surface area contributed by atoms with Gasteiger partial charge in [-0.1, -0.05) is 184 Å². The summed E-state index contributed by atoms with van der Waals surface area (Å²) in [4.78, 5) is 0. The Morgan fingerprint density at radius 3 is 0.943 bits per heavy atom. The molecule has 2 heterocycles. The Labute approximate surface area is 406 Å². The maximum atomic E-state index is 9.10. The summed E-state index contributed by atoms with van der Waals surface area (Å²) in [6.07, 6.45) is 1.83. The molecule has 70 heavy (non-hydrogen) atoms. The zero-order valence-corrected chi connectivity index (χ0v) is 38.9. The molecule has 12 aromatic rings. The highest BCUT2D eigenvalue weighted by Crippen LogP contribution is 2.43. The van der Waals surface area contributed by atoms with Crippen molar-refractivity contribution in [2.24, 2.45) is 0 Å². The van der Waals surface area contributed by atoms with Gasteiger partial charge in [0.2, 0.25) is 0 Å². The molecule has 0 atom stereocenters. The summed E-state index contributed by atoms with van der Waals surface area (Å²) in [5.41, 5.74) is 23.2. The third-order valence-electron chi connectivity index (χ3n) is 14.5. The highest BCUT2D eigenvalue weighted by Gasteiger charge is 2.26. The Morgan fingerprint density at radius 1 is 0.271 bits per heavy atom. The Balaban J connectivity index is 0.836. The van der Waals surface area contributed by atoms with Crippen LogP contribution in [0.3, 0.4) is 0 Å². The number of furan rings is 2. The molecular weight excluding hydrogens is 853 g/mol. The molecule has 1 aliphatic carbocycles. The van der Waals surface area contributed by atoms with Crippen LogP contribution in [-0.2, 0) is 12.8 Å². The Bertz CT molecular complexity index is 3880. The standard InChI is InChI=1S/C66H46N2O2/c1-3-39-13-9-25-55-57-27-11-23-51(65(57)69-63(39)55)49-21-7-19-45(35-49)41-15-5-17-43(33-41)47-29-31-53-59(37-47)60-38-48(30-32-54(60)62(68)61(53)67)44-18-6-16-42(34-44)46-20-8-22-50(36-46)52-24-12-28-58-56-26-10-14-40(4-2)64(56)70-66(52)58/h5-38,67-68H,3-4H2,1-2H3. The van der Waals surface area contributed by atoms with E-state index in [0.717, 1.165) is 146 Å². The van der Waals surface area contributed by atoms with Crippen molar-refractivity contribution >= 4 is 55.3 Å². The van der Waals surface area contributed by atoms with E-state index in [2.05, 4.69) is 208 Å². The molecule has 4 heteroatoms. The summed E-state index contributed by atoms with van der Waals surface area (Å²) >= 11 is 0. The van der Waals surface area contributed by atoms with Crippen LogP contribution in [-0.4, -0.2) is 11.4 Å². The topological polar surface area (TPSA) is 74.0 Å². The van der Waals surface area contributed by atoms with Crippen molar-refractivity contribution in [1.29, 1.82) is 10.8 Å². The van der Waals surface area contributed by atoms with Crippen LogP contribution in [0.1, 0.15) is 36.1 Å². The maximum absolute atomic E-state index is 9.10. The first kappa shape index (κ1) is 41.3. The number of aryl methyl sites for hydroxylation is 2. The minimum Gasteiger partial charge on any atom is -0.455 e. The van der Waals surface area contributed by atoms with Gasteiger partial charge in [0, 0.05) is 43.8 Å². The van der Waals surface area contributed by atoms with Crippen LogP contribution in [0.2, 0.25) is 0 Å². The normalized spacial score (nSPS) is 12.3. The zero-order valence-electron chi connectivity index (χ0n) is 38.9. The minimum absolute atomic E-state index is 0.240. The summed E-state index contributed by atoms with van der Waals surface area (Å²) in [6.45, 7) is 4.34. The number of nitrogens with one attached hydrogen (secondary N) is 2. The third kappa shape index (κ3) is 6.67. The van der Waals surface area contributed by atoms with Crippen LogP contribution < -0.4 is 0 Å². The van der Waals surface area contributed by atoms with Crippen molar-refractivity contribution in [3.05, 3.63) is 229 Å². The van der Waals surface area contributed by atoms with Gasteiger partial charge in [0.05, 0.1) is 11.4 Å². The Hall–Kier alpha value is -8.86. The lowest BCUT2D eigenvalue weighted by Gasteiger charge is -2.23. The van der Waals surface area contributed by atoms with Gasteiger partial charge in [-0.3, -0.25) is 10.8 Å². The van der Waals surface area contributed by atoms with Crippen molar-refractivity contribution < 1.29 is 8.83 Å². The molecule has 1 aliphatic rings. The molecule has 13 rings (SSSR count). The second-order valence-electron chi connectivity index (χ2n) is 18.5. The number of hydrogen-bond acceptors (Lipinski definition) is 4. The minimum atomic E-state index is 0.240. The molecule has 0 unspecified atom stereocenters. The first-order chi connectivity index (χ1) is 34.4. The molecule has 4 nitrogen and oxygen atoms in total. The monoisotopic (exact) mass is 898 g/mol. The first-order valence-electron chi connectivity index (χ1n) is 24.2. The van der Waals surface area contributed by atoms with Crippen molar-refractivity contribution in [3.63, 3.8) is 0 Å². The number of fused-ring (bicyclic) bond motifs is 9. The van der Waals surface area contributed by atoms with Gasteiger partial charge < -0.3 is 8.83 Å². The smallest absolute Gasteiger partial charge is 0.143 e. The van der Waals surface area contributed by atoms with Crippen molar-refractivity contribution in [1.82, 2.24) is 0 Å². The second-order valence-corrected chi connectivity index (χ2v) is 18.5. The van der Waals surface area contributed by atoms with Crippen molar-refractivity contribution in [3.8, 4) is 77.9 Å². The number of rotatable bonds is 8. The number of hydrogen-bond donors (Lipinski definition) is 2. The fourth-order valence-corrected chi connectivity index (χ4v) is 10.9. The van der Waals surface area contributed by atoms with E-state index < -0.39 is 0 Å². The average molecular weight is 899 g/mol. The number of benzene rings is 10. The van der Waals surface area contributed by atoms with Gasteiger partial charge >= 0.3 is 0 Å². The highest BCUT2D eigenvalue weighted by atomic mass is 16.3. The third-order valence-corrected chi connectivity index (χ3v) is 14.5.